The van der Waals surface area contributed by atoms with Crippen molar-refractivity contribution in [2.24, 2.45) is 0 Å². The molecule has 1 spiro atoms. The number of fused-ring (bicyclic) bond motifs is 2. The molecule has 1 heterocycles. The van der Waals surface area contributed by atoms with Crippen molar-refractivity contribution < 1.29 is 4.74 Å². The zero-order valence-electron chi connectivity index (χ0n) is 8.46. The fourth-order valence-corrected chi connectivity index (χ4v) is 2.92. The van der Waals surface area contributed by atoms with Crippen molar-refractivity contribution >= 4 is 0 Å². The van der Waals surface area contributed by atoms with E-state index in [9.17, 15) is 0 Å². The third kappa shape index (κ3) is 1.12. The quantitative estimate of drug-likeness (QED) is 0.608. The summed E-state index contributed by atoms with van der Waals surface area (Å²) in [4.78, 5) is 0. The molecule has 1 saturated heterocycles. The van der Waals surface area contributed by atoms with E-state index in [1.807, 2.05) is 0 Å². The lowest BCUT2D eigenvalue weighted by molar-refractivity contribution is -0.0823. The highest BCUT2D eigenvalue weighted by molar-refractivity contribution is 5.37. The van der Waals surface area contributed by atoms with Gasteiger partial charge in [0.25, 0.3) is 0 Å². The van der Waals surface area contributed by atoms with Crippen LogP contribution in [-0.4, -0.2) is 6.61 Å². The van der Waals surface area contributed by atoms with E-state index < -0.39 is 0 Å². The van der Waals surface area contributed by atoms with Crippen LogP contribution in [0.4, 0.5) is 0 Å². The molecular weight excluding hydrogens is 172 g/mol. The first-order chi connectivity index (χ1) is 6.91. The predicted octanol–water partition coefficient (Wildman–Crippen LogP) is 3.03. The van der Waals surface area contributed by atoms with Crippen molar-refractivity contribution in [1.82, 2.24) is 0 Å². The minimum absolute atomic E-state index is 0.106. The Kier molecular flexibility index (Phi) is 1.88. The first-order valence-corrected chi connectivity index (χ1v) is 5.63. The number of ether oxygens (including phenoxy) is 1. The second-order valence-corrected chi connectivity index (χ2v) is 4.46. The molecule has 0 saturated carbocycles. The lowest BCUT2D eigenvalue weighted by atomic mass is 9.88. The van der Waals surface area contributed by atoms with Gasteiger partial charge in [-0.3, -0.25) is 0 Å². The topological polar surface area (TPSA) is 9.23 Å². The lowest BCUT2D eigenvalue weighted by Crippen LogP contribution is -2.30. The van der Waals surface area contributed by atoms with E-state index in [1.165, 1.54) is 43.2 Å². The van der Waals surface area contributed by atoms with Crippen molar-refractivity contribution in [1.29, 1.82) is 0 Å². The molecule has 0 amide bonds. The van der Waals surface area contributed by atoms with Crippen LogP contribution in [0.3, 0.4) is 0 Å². The van der Waals surface area contributed by atoms with E-state index in [4.69, 9.17) is 4.74 Å². The molecule has 0 radical (unpaired) electrons. The number of aryl methyl sites for hydroxylation is 1. The second kappa shape index (κ2) is 3.09. The molecular formula is C13H16O. The fraction of sp³-hybridized carbons (Fsp3) is 0.538. The Balaban J connectivity index is 2.03. The van der Waals surface area contributed by atoms with E-state index in [0.29, 0.717) is 0 Å². The maximum atomic E-state index is 6.05. The van der Waals surface area contributed by atoms with Gasteiger partial charge in [-0.2, -0.15) is 0 Å². The SMILES string of the molecule is c1ccc2c(c1)CCC21CCCCO1. The summed E-state index contributed by atoms with van der Waals surface area (Å²) in [5.74, 6) is 0. The smallest absolute Gasteiger partial charge is 0.0937 e. The van der Waals surface area contributed by atoms with Crippen LogP contribution in [0.2, 0.25) is 0 Å². The van der Waals surface area contributed by atoms with Gasteiger partial charge in [-0.1, -0.05) is 24.3 Å². The van der Waals surface area contributed by atoms with E-state index in [0.717, 1.165) is 6.61 Å². The van der Waals surface area contributed by atoms with Gasteiger partial charge in [-0.15, -0.1) is 0 Å². The van der Waals surface area contributed by atoms with Crippen LogP contribution in [0.15, 0.2) is 24.3 Å². The van der Waals surface area contributed by atoms with Crippen molar-refractivity contribution in [3.8, 4) is 0 Å². The predicted molar refractivity (Wildman–Crippen MR) is 56.2 cm³/mol. The highest BCUT2D eigenvalue weighted by atomic mass is 16.5. The van der Waals surface area contributed by atoms with Gasteiger partial charge in [0, 0.05) is 6.61 Å². The molecule has 1 fully saturated rings. The molecule has 1 aliphatic carbocycles. The Morgan fingerprint density at radius 2 is 2.00 bits per heavy atom. The monoisotopic (exact) mass is 188 g/mol. The van der Waals surface area contributed by atoms with Crippen LogP contribution in [0.25, 0.3) is 0 Å². The molecule has 1 aromatic rings. The molecule has 0 bridgehead atoms. The van der Waals surface area contributed by atoms with E-state index in [1.54, 1.807) is 0 Å². The first kappa shape index (κ1) is 8.49. The summed E-state index contributed by atoms with van der Waals surface area (Å²) >= 11 is 0. The maximum Gasteiger partial charge on any atom is 0.0937 e. The van der Waals surface area contributed by atoms with Crippen LogP contribution in [0.5, 0.6) is 0 Å². The largest absolute Gasteiger partial charge is 0.370 e. The van der Waals surface area contributed by atoms with Crippen LogP contribution in [-0.2, 0) is 16.8 Å². The summed E-state index contributed by atoms with van der Waals surface area (Å²) in [6, 6.07) is 8.79. The van der Waals surface area contributed by atoms with E-state index in [2.05, 4.69) is 24.3 Å². The van der Waals surface area contributed by atoms with Crippen molar-refractivity contribution in [3.63, 3.8) is 0 Å². The number of hydrogen-bond acceptors (Lipinski definition) is 1. The van der Waals surface area contributed by atoms with Crippen molar-refractivity contribution in [2.75, 3.05) is 6.61 Å². The molecule has 1 aromatic carbocycles. The Labute approximate surface area is 85.1 Å². The molecule has 14 heavy (non-hydrogen) atoms. The molecule has 1 nitrogen and oxygen atoms in total. The maximum absolute atomic E-state index is 6.05. The Morgan fingerprint density at radius 3 is 2.86 bits per heavy atom. The van der Waals surface area contributed by atoms with Crippen LogP contribution in [0, 0.1) is 0 Å². The molecule has 2 aliphatic rings. The zero-order valence-corrected chi connectivity index (χ0v) is 8.46. The molecule has 0 aromatic heterocycles. The van der Waals surface area contributed by atoms with Crippen molar-refractivity contribution in [2.45, 2.75) is 37.7 Å². The molecule has 3 rings (SSSR count). The van der Waals surface area contributed by atoms with Crippen molar-refractivity contribution in [3.05, 3.63) is 35.4 Å². The molecule has 74 valence electrons. The normalized spacial score (nSPS) is 30.6. The summed E-state index contributed by atoms with van der Waals surface area (Å²) in [5.41, 5.74) is 3.09. The third-order valence-corrected chi connectivity index (χ3v) is 3.66. The number of benzene rings is 1. The average molecular weight is 188 g/mol. The Morgan fingerprint density at radius 1 is 1.07 bits per heavy atom. The Bertz CT molecular complexity index is 331. The van der Waals surface area contributed by atoms with Gasteiger partial charge in [0.2, 0.25) is 0 Å². The fourth-order valence-electron chi connectivity index (χ4n) is 2.92. The van der Waals surface area contributed by atoms with Gasteiger partial charge >= 0.3 is 0 Å². The lowest BCUT2D eigenvalue weighted by Gasteiger charge is -2.34. The molecule has 0 N–H and O–H groups in total. The summed E-state index contributed by atoms with van der Waals surface area (Å²) in [6.45, 7) is 0.953. The van der Waals surface area contributed by atoms with Crippen LogP contribution >= 0.6 is 0 Å². The molecule has 1 atom stereocenters. The summed E-state index contributed by atoms with van der Waals surface area (Å²) in [5, 5.41) is 0. The average Bonchev–Trinajstić information content (AvgIpc) is 2.60. The summed E-state index contributed by atoms with van der Waals surface area (Å²) in [6.07, 6.45) is 6.20. The van der Waals surface area contributed by atoms with Gasteiger partial charge in [-0.05, 0) is 43.2 Å². The zero-order chi connectivity index (χ0) is 9.43. The van der Waals surface area contributed by atoms with Gasteiger partial charge < -0.3 is 4.74 Å². The summed E-state index contributed by atoms with van der Waals surface area (Å²) in [7, 11) is 0. The first-order valence-electron chi connectivity index (χ1n) is 5.63. The highest BCUT2D eigenvalue weighted by Crippen LogP contribution is 2.45. The Hall–Kier alpha value is -0.820. The molecule has 1 unspecified atom stereocenters. The van der Waals surface area contributed by atoms with Crippen LogP contribution in [0.1, 0.15) is 36.8 Å². The second-order valence-electron chi connectivity index (χ2n) is 4.46. The van der Waals surface area contributed by atoms with E-state index >= 15 is 0 Å². The highest BCUT2D eigenvalue weighted by Gasteiger charge is 2.40. The van der Waals surface area contributed by atoms with Gasteiger partial charge in [0.05, 0.1) is 5.60 Å². The number of hydrogen-bond donors (Lipinski definition) is 0. The van der Waals surface area contributed by atoms with Gasteiger partial charge in [0.15, 0.2) is 0 Å². The minimum Gasteiger partial charge on any atom is -0.370 e. The number of rotatable bonds is 0. The standard InChI is InChI=1S/C13H16O/c1-2-6-12-11(5-1)7-9-13(12)8-3-4-10-14-13/h1-2,5-6H,3-4,7-10H2. The van der Waals surface area contributed by atoms with Crippen LogP contribution < -0.4 is 0 Å². The molecule has 1 aliphatic heterocycles. The third-order valence-electron chi connectivity index (χ3n) is 3.66. The van der Waals surface area contributed by atoms with Gasteiger partial charge in [0.1, 0.15) is 0 Å². The van der Waals surface area contributed by atoms with E-state index in [-0.39, 0.29) is 5.60 Å². The summed E-state index contributed by atoms with van der Waals surface area (Å²) < 4.78 is 6.05. The molecule has 1 heteroatoms. The minimum atomic E-state index is 0.106. The van der Waals surface area contributed by atoms with Gasteiger partial charge in [-0.25, -0.2) is 0 Å².